The van der Waals surface area contributed by atoms with Crippen LogP contribution in [0.4, 0.5) is 0 Å². The van der Waals surface area contributed by atoms with Gasteiger partial charge in [-0.05, 0) is 45.0 Å². The molecule has 0 spiro atoms. The van der Waals surface area contributed by atoms with Crippen molar-refractivity contribution < 1.29 is 23.7 Å². The van der Waals surface area contributed by atoms with Gasteiger partial charge in [-0.3, -0.25) is 9.69 Å². The lowest BCUT2D eigenvalue weighted by Crippen LogP contribution is -2.47. The number of likely N-dealkylation sites (N-methyl/N-ethyl adjacent to an activating group) is 1. The molecule has 0 aliphatic carbocycles. The first-order chi connectivity index (χ1) is 19.8. The van der Waals surface area contributed by atoms with Crippen molar-refractivity contribution in [3.63, 3.8) is 0 Å². The summed E-state index contributed by atoms with van der Waals surface area (Å²) in [6.45, 7) is 11.7. The summed E-state index contributed by atoms with van der Waals surface area (Å²) in [6, 6.07) is 5.95. The number of carbonyl (C=O) groups is 1. The van der Waals surface area contributed by atoms with E-state index >= 15 is 0 Å². The van der Waals surface area contributed by atoms with Crippen molar-refractivity contribution in [2.24, 2.45) is 0 Å². The van der Waals surface area contributed by atoms with Crippen molar-refractivity contribution >= 4 is 16.9 Å². The number of ether oxygens (including phenoxy) is 4. The molecular formula is C31H36N4O6. The summed E-state index contributed by atoms with van der Waals surface area (Å²) in [5.74, 6) is 0.956. The first-order valence-electron chi connectivity index (χ1n) is 14.6. The summed E-state index contributed by atoms with van der Waals surface area (Å²) in [4.78, 5) is 37.2. The Morgan fingerprint density at radius 1 is 1.00 bits per heavy atom. The van der Waals surface area contributed by atoms with Gasteiger partial charge in [0, 0.05) is 55.3 Å². The number of pyridine rings is 2. The molecule has 0 saturated carbocycles. The molecule has 4 aliphatic rings. The fourth-order valence-electron chi connectivity index (χ4n) is 6.69. The van der Waals surface area contributed by atoms with Crippen LogP contribution in [0.15, 0.2) is 23.0 Å². The maximum atomic E-state index is 14.0. The standard InChI is InChI=1S/C31H36N4O6/c1-5-31(41-18(2)3)23-13-25-28-21(16-35(25)29(36)22(23)17-40-30(31)37)20(15-34-8-6-33(4)7-9-34)19-12-26-27(14-24(19)32-28)39-11-10-38-26/h12-14,18H,5-11,15-17H2,1-4H3/t31-/m1/s1. The van der Waals surface area contributed by atoms with E-state index in [4.69, 9.17) is 23.9 Å². The second kappa shape index (κ2) is 9.82. The Hall–Kier alpha value is -3.47. The molecule has 0 bridgehead atoms. The van der Waals surface area contributed by atoms with Crippen LogP contribution >= 0.6 is 0 Å². The lowest BCUT2D eigenvalue weighted by Gasteiger charge is -2.37. The lowest BCUT2D eigenvalue weighted by molar-refractivity contribution is -0.187. The van der Waals surface area contributed by atoms with Gasteiger partial charge in [-0.1, -0.05) is 6.92 Å². The molecule has 6 heterocycles. The smallest absolute Gasteiger partial charge is 0.343 e. The van der Waals surface area contributed by atoms with E-state index in [1.165, 1.54) is 0 Å². The number of rotatable bonds is 5. The predicted molar refractivity (Wildman–Crippen MR) is 152 cm³/mol. The molecule has 1 atom stereocenters. The van der Waals surface area contributed by atoms with Crippen molar-refractivity contribution in [1.82, 2.24) is 19.4 Å². The quantitative estimate of drug-likeness (QED) is 0.342. The third-order valence-corrected chi connectivity index (χ3v) is 8.85. The zero-order valence-electron chi connectivity index (χ0n) is 24.1. The van der Waals surface area contributed by atoms with E-state index in [1.54, 1.807) is 4.57 Å². The van der Waals surface area contributed by atoms with Crippen LogP contribution < -0.4 is 15.0 Å². The number of nitrogens with zero attached hydrogens (tertiary/aromatic N) is 4. The number of benzene rings is 1. The number of esters is 1. The highest BCUT2D eigenvalue weighted by atomic mass is 16.6. The van der Waals surface area contributed by atoms with Crippen LogP contribution in [0.2, 0.25) is 0 Å². The molecule has 41 heavy (non-hydrogen) atoms. The summed E-state index contributed by atoms with van der Waals surface area (Å²) in [7, 11) is 2.15. The first kappa shape index (κ1) is 26.4. The molecule has 0 N–H and O–H groups in total. The number of carbonyl (C=O) groups excluding carboxylic acids is 1. The topological polar surface area (TPSA) is 95.4 Å². The maximum Gasteiger partial charge on any atom is 0.343 e. The van der Waals surface area contributed by atoms with E-state index in [2.05, 4.69) is 16.8 Å². The Morgan fingerprint density at radius 3 is 2.44 bits per heavy atom. The Kier molecular flexibility index (Phi) is 6.33. The fourth-order valence-corrected chi connectivity index (χ4v) is 6.69. The van der Waals surface area contributed by atoms with E-state index in [0.717, 1.165) is 66.2 Å². The van der Waals surface area contributed by atoms with Gasteiger partial charge in [0.2, 0.25) is 0 Å². The van der Waals surface area contributed by atoms with Crippen molar-refractivity contribution in [2.45, 2.75) is 58.6 Å². The third kappa shape index (κ3) is 4.14. The maximum absolute atomic E-state index is 14.0. The predicted octanol–water partition coefficient (Wildman–Crippen LogP) is 3.03. The summed E-state index contributed by atoms with van der Waals surface area (Å²) < 4.78 is 25.4. The lowest BCUT2D eigenvalue weighted by atomic mass is 9.85. The van der Waals surface area contributed by atoms with E-state index in [0.29, 0.717) is 48.7 Å². The summed E-state index contributed by atoms with van der Waals surface area (Å²) in [6.07, 6.45) is 0.123. The van der Waals surface area contributed by atoms with Gasteiger partial charge >= 0.3 is 5.97 Å². The molecule has 0 amide bonds. The zero-order valence-corrected chi connectivity index (χ0v) is 24.1. The average molecular weight is 561 g/mol. The van der Waals surface area contributed by atoms with Gasteiger partial charge in [-0.25, -0.2) is 9.78 Å². The number of hydrogen-bond acceptors (Lipinski definition) is 9. The van der Waals surface area contributed by atoms with Crippen LogP contribution in [0.5, 0.6) is 11.5 Å². The normalized spacial score (nSPS) is 22.0. The van der Waals surface area contributed by atoms with E-state index < -0.39 is 11.6 Å². The number of cyclic esters (lactones) is 1. The molecule has 1 aromatic carbocycles. The van der Waals surface area contributed by atoms with Gasteiger partial charge in [0.05, 0.1) is 35.1 Å². The van der Waals surface area contributed by atoms with Crippen molar-refractivity contribution in [3.8, 4) is 22.9 Å². The highest BCUT2D eigenvalue weighted by Crippen LogP contribution is 2.44. The highest BCUT2D eigenvalue weighted by molar-refractivity contribution is 5.91. The average Bonchev–Trinajstić information content (AvgIpc) is 3.33. The van der Waals surface area contributed by atoms with Gasteiger partial charge in [-0.2, -0.15) is 0 Å². The van der Waals surface area contributed by atoms with E-state index in [9.17, 15) is 9.59 Å². The van der Waals surface area contributed by atoms with E-state index in [-0.39, 0.29) is 18.3 Å². The van der Waals surface area contributed by atoms with Crippen LogP contribution in [0, 0.1) is 0 Å². The highest BCUT2D eigenvalue weighted by Gasteiger charge is 2.48. The molecule has 4 aliphatic heterocycles. The van der Waals surface area contributed by atoms with Crippen molar-refractivity contribution in [1.29, 1.82) is 0 Å². The monoisotopic (exact) mass is 560 g/mol. The molecule has 1 fully saturated rings. The van der Waals surface area contributed by atoms with Gasteiger partial charge < -0.3 is 28.4 Å². The molecule has 10 nitrogen and oxygen atoms in total. The molecular weight excluding hydrogens is 524 g/mol. The van der Waals surface area contributed by atoms with Gasteiger partial charge in [0.25, 0.3) is 5.56 Å². The largest absolute Gasteiger partial charge is 0.486 e. The van der Waals surface area contributed by atoms with Crippen molar-refractivity contribution in [3.05, 3.63) is 50.8 Å². The molecule has 1 saturated heterocycles. The fraction of sp³-hybridized carbons (Fsp3) is 0.516. The van der Waals surface area contributed by atoms with Crippen LogP contribution in [0.25, 0.3) is 22.3 Å². The molecule has 7 rings (SSSR count). The second-order valence-electron chi connectivity index (χ2n) is 11.7. The summed E-state index contributed by atoms with van der Waals surface area (Å²) in [5, 5.41) is 1.02. The molecule has 3 aromatic rings. The molecule has 2 aromatic heterocycles. The second-order valence-corrected chi connectivity index (χ2v) is 11.7. The Morgan fingerprint density at radius 2 is 1.73 bits per heavy atom. The van der Waals surface area contributed by atoms with Crippen LogP contribution in [-0.4, -0.2) is 77.9 Å². The van der Waals surface area contributed by atoms with Gasteiger partial charge in [0.15, 0.2) is 17.1 Å². The summed E-state index contributed by atoms with van der Waals surface area (Å²) in [5.41, 5.74) is 4.05. The molecule has 0 unspecified atom stereocenters. The van der Waals surface area contributed by atoms with E-state index in [1.807, 2.05) is 39.0 Å². The van der Waals surface area contributed by atoms with Crippen LogP contribution in [0.3, 0.4) is 0 Å². The van der Waals surface area contributed by atoms with Crippen molar-refractivity contribution in [2.75, 3.05) is 46.4 Å². The molecule has 10 heteroatoms. The Bertz CT molecular complexity index is 1620. The Balaban J connectivity index is 1.44. The number of piperazine rings is 1. The SMILES string of the molecule is CC[C@]1(OC(C)C)C(=O)OCc2c1cc1n(c2=O)Cc2c-1nc1cc3c(cc1c2CN1CCN(C)CC1)OCCO3. The first-order valence-corrected chi connectivity index (χ1v) is 14.6. The minimum absolute atomic E-state index is 0.0578. The minimum atomic E-state index is -1.33. The Labute approximate surface area is 238 Å². The molecule has 0 radical (unpaired) electrons. The minimum Gasteiger partial charge on any atom is -0.486 e. The number of aromatic nitrogens is 2. The zero-order chi connectivity index (χ0) is 28.5. The van der Waals surface area contributed by atoms with Crippen LogP contribution in [-0.2, 0) is 39.6 Å². The third-order valence-electron chi connectivity index (χ3n) is 8.85. The summed E-state index contributed by atoms with van der Waals surface area (Å²) >= 11 is 0. The molecule has 216 valence electrons. The number of fused-ring (bicyclic) bond motifs is 6. The van der Waals surface area contributed by atoms with Gasteiger partial charge in [-0.15, -0.1) is 0 Å². The van der Waals surface area contributed by atoms with Crippen LogP contribution in [0.1, 0.15) is 49.4 Å². The number of hydrogen-bond donors (Lipinski definition) is 0. The van der Waals surface area contributed by atoms with Gasteiger partial charge in [0.1, 0.15) is 19.8 Å².